The first-order valence-corrected chi connectivity index (χ1v) is 7.15. The Morgan fingerprint density at radius 3 is 2.65 bits per heavy atom. The average Bonchev–Trinajstić information content (AvgIpc) is 2.28. The highest BCUT2D eigenvalue weighted by Gasteiger charge is 2.17. The third-order valence-corrected chi connectivity index (χ3v) is 3.89. The van der Waals surface area contributed by atoms with E-state index in [9.17, 15) is 8.42 Å². The highest BCUT2D eigenvalue weighted by molar-refractivity contribution is 7.89. The molecular formula is C11H19N3O2S. The summed E-state index contributed by atoms with van der Waals surface area (Å²) in [6, 6.07) is 3.07. The van der Waals surface area contributed by atoms with Crippen molar-refractivity contribution in [1.82, 2.24) is 9.71 Å². The molecule has 1 heterocycles. The van der Waals surface area contributed by atoms with Crippen molar-refractivity contribution in [2.45, 2.75) is 44.3 Å². The summed E-state index contributed by atoms with van der Waals surface area (Å²) in [5.41, 5.74) is 6.23. The topological polar surface area (TPSA) is 85.1 Å². The predicted molar refractivity (Wildman–Crippen MR) is 66.8 cm³/mol. The fourth-order valence-corrected chi connectivity index (χ4v) is 2.71. The van der Waals surface area contributed by atoms with Gasteiger partial charge in [-0.3, -0.25) is 0 Å². The van der Waals surface area contributed by atoms with E-state index in [1.54, 1.807) is 6.07 Å². The molecule has 1 aromatic rings. The Hall–Kier alpha value is -0.980. The summed E-state index contributed by atoms with van der Waals surface area (Å²) in [5.74, 6) is 0. The van der Waals surface area contributed by atoms with E-state index in [1.807, 2.05) is 13.8 Å². The highest BCUT2D eigenvalue weighted by atomic mass is 32.2. The number of pyridine rings is 1. The molecule has 0 saturated heterocycles. The zero-order chi connectivity index (χ0) is 12.9. The smallest absolute Gasteiger partial charge is 0.258 e. The van der Waals surface area contributed by atoms with Crippen LogP contribution in [-0.4, -0.2) is 19.4 Å². The maximum absolute atomic E-state index is 11.9. The molecule has 0 aliphatic rings. The molecule has 1 unspecified atom stereocenters. The lowest BCUT2D eigenvalue weighted by Crippen LogP contribution is -2.32. The molecule has 0 aromatic carbocycles. The van der Waals surface area contributed by atoms with Gasteiger partial charge < -0.3 is 5.73 Å². The first-order valence-electron chi connectivity index (χ1n) is 5.67. The molecule has 5 nitrogen and oxygen atoms in total. The lowest BCUT2D eigenvalue weighted by atomic mass is 10.2. The first-order chi connectivity index (χ1) is 7.99. The summed E-state index contributed by atoms with van der Waals surface area (Å²) in [6.07, 6.45) is 3.22. The van der Waals surface area contributed by atoms with Gasteiger partial charge >= 0.3 is 0 Å². The lowest BCUT2D eigenvalue weighted by molar-refractivity contribution is 0.541. The van der Waals surface area contributed by atoms with Crippen LogP contribution in [0.15, 0.2) is 23.4 Å². The Morgan fingerprint density at radius 1 is 1.47 bits per heavy atom. The lowest BCUT2D eigenvalue weighted by Gasteiger charge is -2.12. The third-order valence-electron chi connectivity index (χ3n) is 2.39. The molecule has 6 heteroatoms. The summed E-state index contributed by atoms with van der Waals surface area (Å²) >= 11 is 0. The molecule has 1 rings (SSSR count). The van der Waals surface area contributed by atoms with E-state index in [2.05, 4.69) is 9.71 Å². The Balaban J connectivity index is 2.82. The third kappa shape index (κ3) is 4.07. The van der Waals surface area contributed by atoms with Gasteiger partial charge in [0.25, 0.3) is 10.0 Å². The van der Waals surface area contributed by atoms with Crippen molar-refractivity contribution in [3.8, 4) is 0 Å². The maximum Gasteiger partial charge on any atom is 0.258 e. The van der Waals surface area contributed by atoms with Crippen molar-refractivity contribution in [3.63, 3.8) is 0 Å². The number of rotatable bonds is 6. The van der Waals surface area contributed by atoms with Crippen LogP contribution in [0.5, 0.6) is 0 Å². The van der Waals surface area contributed by atoms with Gasteiger partial charge in [0.2, 0.25) is 0 Å². The number of sulfonamides is 1. The van der Waals surface area contributed by atoms with Crippen LogP contribution in [-0.2, 0) is 16.6 Å². The summed E-state index contributed by atoms with van der Waals surface area (Å²) in [4.78, 5) is 3.90. The van der Waals surface area contributed by atoms with Crippen molar-refractivity contribution >= 4 is 10.0 Å². The van der Waals surface area contributed by atoms with E-state index in [0.717, 1.165) is 18.4 Å². The second-order valence-electron chi connectivity index (χ2n) is 4.02. The van der Waals surface area contributed by atoms with Gasteiger partial charge in [0.15, 0.2) is 5.03 Å². The van der Waals surface area contributed by atoms with Crippen LogP contribution in [0.3, 0.4) is 0 Å². The zero-order valence-electron chi connectivity index (χ0n) is 10.2. The van der Waals surface area contributed by atoms with Gasteiger partial charge in [0, 0.05) is 18.8 Å². The van der Waals surface area contributed by atoms with Gasteiger partial charge in [-0.05, 0) is 25.0 Å². The minimum atomic E-state index is -3.51. The van der Waals surface area contributed by atoms with Crippen molar-refractivity contribution in [1.29, 1.82) is 0 Å². The molecule has 0 aliphatic heterocycles. The number of hydrogen-bond acceptors (Lipinski definition) is 4. The standard InChI is InChI=1S/C11H19N3O2S/c1-3-4-9(2)14-17(15,16)11-6-5-10(7-12)8-13-11/h5-6,8-9,14H,3-4,7,12H2,1-2H3. The molecule has 0 spiro atoms. The van der Waals surface area contributed by atoms with Crippen LogP contribution < -0.4 is 10.5 Å². The van der Waals surface area contributed by atoms with E-state index in [-0.39, 0.29) is 11.1 Å². The molecule has 3 N–H and O–H groups in total. The molecule has 96 valence electrons. The Labute approximate surface area is 102 Å². The fourth-order valence-electron chi connectivity index (χ4n) is 1.51. The van der Waals surface area contributed by atoms with Gasteiger partial charge in [-0.1, -0.05) is 19.4 Å². The van der Waals surface area contributed by atoms with Crippen molar-refractivity contribution in [2.75, 3.05) is 0 Å². The summed E-state index contributed by atoms with van der Waals surface area (Å²) in [7, 11) is -3.51. The highest BCUT2D eigenvalue weighted by Crippen LogP contribution is 2.08. The number of hydrogen-bond donors (Lipinski definition) is 2. The number of nitrogens with zero attached hydrogens (tertiary/aromatic N) is 1. The Bertz CT molecular complexity index is 442. The van der Waals surface area contributed by atoms with Gasteiger partial charge in [-0.25, -0.2) is 18.1 Å². The predicted octanol–water partition coefficient (Wildman–Crippen LogP) is 1.01. The van der Waals surface area contributed by atoms with Crippen LogP contribution in [0.1, 0.15) is 32.3 Å². The molecule has 0 saturated carbocycles. The van der Waals surface area contributed by atoms with E-state index < -0.39 is 10.0 Å². The Morgan fingerprint density at radius 2 is 2.18 bits per heavy atom. The van der Waals surface area contributed by atoms with E-state index in [0.29, 0.717) is 6.54 Å². The fraction of sp³-hybridized carbons (Fsp3) is 0.545. The average molecular weight is 257 g/mol. The molecular weight excluding hydrogens is 238 g/mol. The van der Waals surface area contributed by atoms with Gasteiger partial charge in [0.1, 0.15) is 0 Å². The van der Waals surface area contributed by atoms with Crippen LogP contribution >= 0.6 is 0 Å². The molecule has 1 aromatic heterocycles. The normalized spacial score (nSPS) is 13.6. The Kier molecular flexibility index (Phi) is 5.04. The van der Waals surface area contributed by atoms with Gasteiger partial charge in [-0.15, -0.1) is 0 Å². The number of nitrogens with two attached hydrogens (primary N) is 1. The van der Waals surface area contributed by atoms with Crippen molar-refractivity contribution in [2.24, 2.45) is 5.73 Å². The zero-order valence-corrected chi connectivity index (χ0v) is 11.0. The van der Waals surface area contributed by atoms with Crippen molar-refractivity contribution in [3.05, 3.63) is 23.9 Å². The molecule has 0 fully saturated rings. The van der Waals surface area contributed by atoms with Crippen LogP contribution in [0, 0.1) is 0 Å². The van der Waals surface area contributed by atoms with Gasteiger partial charge in [0.05, 0.1) is 0 Å². The largest absolute Gasteiger partial charge is 0.326 e. The summed E-state index contributed by atoms with van der Waals surface area (Å²) in [6.45, 7) is 4.21. The van der Waals surface area contributed by atoms with Crippen molar-refractivity contribution < 1.29 is 8.42 Å². The van der Waals surface area contributed by atoms with E-state index >= 15 is 0 Å². The molecule has 0 bridgehead atoms. The SMILES string of the molecule is CCCC(C)NS(=O)(=O)c1ccc(CN)cn1. The number of nitrogens with one attached hydrogen (secondary N) is 1. The molecule has 1 atom stereocenters. The molecule has 0 aliphatic carbocycles. The van der Waals surface area contributed by atoms with Crippen LogP contribution in [0.25, 0.3) is 0 Å². The van der Waals surface area contributed by atoms with Crippen LogP contribution in [0.2, 0.25) is 0 Å². The summed E-state index contributed by atoms with van der Waals surface area (Å²) < 4.78 is 26.4. The van der Waals surface area contributed by atoms with E-state index in [1.165, 1.54) is 12.3 Å². The minimum Gasteiger partial charge on any atom is -0.326 e. The quantitative estimate of drug-likeness (QED) is 0.796. The molecule has 17 heavy (non-hydrogen) atoms. The second-order valence-corrected chi connectivity index (χ2v) is 5.68. The minimum absolute atomic E-state index is 0.0395. The van der Waals surface area contributed by atoms with Gasteiger partial charge in [-0.2, -0.15) is 0 Å². The van der Waals surface area contributed by atoms with E-state index in [4.69, 9.17) is 5.73 Å². The molecule has 0 radical (unpaired) electrons. The monoisotopic (exact) mass is 257 g/mol. The molecule has 0 amide bonds. The maximum atomic E-state index is 11.9. The number of aromatic nitrogens is 1. The summed E-state index contributed by atoms with van der Waals surface area (Å²) in [5, 5.41) is 0.0395. The second kappa shape index (κ2) is 6.09. The first kappa shape index (κ1) is 14.1. The van der Waals surface area contributed by atoms with Crippen LogP contribution in [0.4, 0.5) is 0 Å².